The number of hydrogen-bond acceptors (Lipinski definition) is 4. The molecule has 4 rings (SSSR count). The van der Waals surface area contributed by atoms with Crippen LogP contribution < -0.4 is 5.32 Å². The second kappa shape index (κ2) is 7.19. The minimum absolute atomic E-state index is 0.306. The molecule has 2 aromatic rings. The molecule has 7 heteroatoms. The second-order valence-electron chi connectivity index (χ2n) is 6.76. The maximum atomic E-state index is 12.8. The maximum absolute atomic E-state index is 12.8. The number of hydrogen-bond donors (Lipinski definition) is 1. The summed E-state index contributed by atoms with van der Waals surface area (Å²) in [5.74, 6) is 0. The van der Waals surface area contributed by atoms with Gasteiger partial charge in [-0.3, -0.25) is 4.90 Å². The van der Waals surface area contributed by atoms with Gasteiger partial charge in [-0.2, -0.15) is 4.31 Å². The molecule has 0 unspecified atom stereocenters. The monoisotopic (exact) mass is 391 g/mol. The molecular weight excluding hydrogens is 370 g/mol. The van der Waals surface area contributed by atoms with Crippen LogP contribution in [0.15, 0.2) is 47.4 Å². The summed E-state index contributed by atoms with van der Waals surface area (Å²) < 4.78 is 27.1. The lowest BCUT2D eigenvalue weighted by molar-refractivity contribution is 0.182. The molecular formula is C19H22ClN3O2S. The van der Waals surface area contributed by atoms with E-state index in [9.17, 15) is 8.42 Å². The molecule has 1 saturated heterocycles. The summed E-state index contributed by atoms with van der Waals surface area (Å²) in [5.41, 5.74) is 3.95. The van der Waals surface area contributed by atoms with E-state index in [1.807, 2.05) is 0 Å². The first-order chi connectivity index (χ1) is 12.5. The summed E-state index contributed by atoms with van der Waals surface area (Å²) >= 11 is 5.86. The van der Waals surface area contributed by atoms with Crippen molar-refractivity contribution in [3.05, 3.63) is 58.6 Å². The van der Waals surface area contributed by atoms with Gasteiger partial charge < -0.3 is 5.32 Å². The molecule has 1 fully saturated rings. The van der Waals surface area contributed by atoms with Gasteiger partial charge in [-0.15, -0.1) is 0 Å². The molecule has 0 radical (unpaired) electrons. The topological polar surface area (TPSA) is 52.7 Å². The Kier molecular flexibility index (Phi) is 4.92. The Balaban J connectivity index is 1.41. The number of piperazine rings is 1. The number of para-hydroxylation sites is 1. The average molecular weight is 392 g/mol. The van der Waals surface area contributed by atoms with Crippen LogP contribution in [0, 0.1) is 0 Å². The van der Waals surface area contributed by atoms with Crippen LogP contribution in [0.25, 0.3) is 0 Å². The average Bonchev–Trinajstić information content (AvgIpc) is 3.12. The van der Waals surface area contributed by atoms with Crippen molar-refractivity contribution >= 4 is 27.3 Å². The van der Waals surface area contributed by atoms with Gasteiger partial charge in [0.25, 0.3) is 0 Å². The largest absolute Gasteiger partial charge is 0.384 e. The molecule has 26 heavy (non-hydrogen) atoms. The number of rotatable bonds is 4. The Morgan fingerprint density at radius 2 is 1.73 bits per heavy atom. The highest BCUT2D eigenvalue weighted by molar-refractivity contribution is 7.89. The molecule has 2 aromatic carbocycles. The van der Waals surface area contributed by atoms with Crippen molar-refractivity contribution in [2.24, 2.45) is 0 Å². The first-order valence-electron chi connectivity index (χ1n) is 8.87. The molecule has 0 bridgehead atoms. The summed E-state index contributed by atoms with van der Waals surface area (Å²) in [5, 5.41) is 4.01. The highest BCUT2D eigenvalue weighted by atomic mass is 35.5. The molecule has 2 aliphatic heterocycles. The van der Waals surface area contributed by atoms with E-state index in [0.29, 0.717) is 23.0 Å². The fraction of sp³-hybridized carbons (Fsp3) is 0.368. The first kappa shape index (κ1) is 17.8. The lowest BCUT2D eigenvalue weighted by atomic mass is 10.1. The van der Waals surface area contributed by atoms with Gasteiger partial charge in [0.15, 0.2) is 0 Å². The fourth-order valence-corrected chi connectivity index (χ4v) is 5.22. The van der Waals surface area contributed by atoms with E-state index < -0.39 is 10.0 Å². The van der Waals surface area contributed by atoms with Gasteiger partial charge in [0, 0.05) is 50.0 Å². The number of halogens is 1. The zero-order valence-electron chi connectivity index (χ0n) is 14.5. The molecule has 0 amide bonds. The van der Waals surface area contributed by atoms with E-state index >= 15 is 0 Å². The number of nitrogens with one attached hydrogen (secondary N) is 1. The number of fused-ring (bicyclic) bond motifs is 1. The third-order valence-electron chi connectivity index (χ3n) is 5.11. The van der Waals surface area contributed by atoms with Gasteiger partial charge in [0.2, 0.25) is 10.0 Å². The second-order valence-corrected chi connectivity index (χ2v) is 9.14. The first-order valence-corrected chi connectivity index (χ1v) is 10.7. The summed E-state index contributed by atoms with van der Waals surface area (Å²) in [7, 11) is -3.45. The number of nitrogens with zero attached hydrogens (tertiary/aromatic N) is 2. The Morgan fingerprint density at radius 1 is 1.00 bits per heavy atom. The Morgan fingerprint density at radius 3 is 2.46 bits per heavy atom. The number of benzene rings is 2. The molecule has 0 spiro atoms. The summed E-state index contributed by atoms with van der Waals surface area (Å²) in [4.78, 5) is 2.63. The van der Waals surface area contributed by atoms with Crippen molar-refractivity contribution in [1.82, 2.24) is 9.21 Å². The molecule has 1 N–H and O–H groups in total. The molecule has 0 saturated carbocycles. The Labute approximate surface area is 159 Å². The third kappa shape index (κ3) is 3.47. The SMILES string of the molecule is O=S(=O)(c1ccc(Cl)cc1)N1CCN(Cc2cccc3c2NCC3)CC1. The summed E-state index contributed by atoms with van der Waals surface area (Å²) in [6, 6.07) is 12.8. The molecule has 138 valence electrons. The Bertz CT molecular complexity index is 892. The van der Waals surface area contributed by atoms with E-state index in [4.69, 9.17) is 11.6 Å². The molecule has 5 nitrogen and oxygen atoms in total. The van der Waals surface area contributed by atoms with Crippen molar-refractivity contribution in [1.29, 1.82) is 0 Å². The highest BCUT2D eigenvalue weighted by Gasteiger charge is 2.28. The predicted octanol–water partition coefficient (Wildman–Crippen LogP) is 2.81. The highest BCUT2D eigenvalue weighted by Crippen LogP contribution is 2.28. The lowest BCUT2D eigenvalue weighted by Crippen LogP contribution is -2.48. The van der Waals surface area contributed by atoms with E-state index in [0.717, 1.165) is 32.6 Å². The molecule has 2 aliphatic rings. The zero-order chi connectivity index (χ0) is 18.1. The van der Waals surface area contributed by atoms with Crippen LogP contribution in [-0.4, -0.2) is 50.3 Å². The van der Waals surface area contributed by atoms with Gasteiger partial charge in [0.1, 0.15) is 0 Å². The van der Waals surface area contributed by atoms with Gasteiger partial charge in [-0.25, -0.2) is 8.42 Å². The minimum Gasteiger partial charge on any atom is -0.384 e. The van der Waals surface area contributed by atoms with E-state index in [-0.39, 0.29) is 0 Å². The maximum Gasteiger partial charge on any atom is 0.243 e. The van der Waals surface area contributed by atoms with Crippen LogP contribution in [0.5, 0.6) is 0 Å². The summed E-state index contributed by atoms with van der Waals surface area (Å²) in [6.45, 7) is 4.33. The zero-order valence-corrected chi connectivity index (χ0v) is 16.1. The minimum atomic E-state index is -3.45. The van der Waals surface area contributed by atoms with Gasteiger partial charge >= 0.3 is 0 Å². The number of anilines is 1. The van der Waals surface area contributed by atoms with Gasteiger partial charge in [0.05, 0.1) is 4.90 Å². The summed E-state index contributed by atoms with van der Waals surface area (Å²) in [6.07, 6.45) is 1.08. The van der Waals surface area contributed by atoms with E-state index in [1.54, 1.807) is 28.6 Å². The quantitative estimate of drug-likeness (QED) is 0.870. The van der Waals surface area contributed by atoms with Crippen LogP contribution in [0.2, 0.25) is 5.02 Å². The lowest BCUT2D eigenvalue weighted by Gasteiger charge is -2.34. The third-order valence-corrected chi connectivity index (χ3v) is 7.27. The molecule has 2 heterocycles. The molecule has 0 aliphatic carbocycles. The van der Waals surface area contributed by atoms with Crippen LogP contribution in [0.1, 0.15) is 11.1 Å². The van der Waals surface area contributed by atoms with E-state index in [2.05, 4.69) is 28.4 Å². The van der Waals surface area contributed by atoms with Crippen molar-refractivity contribution in [2.45, 2.75) is 17.9 Å². The Hall–Kier alpha value is -1.60. The molecule has 0 atom stereocenters. The van der Waals surface area contributed by atoms with Gasteiger partial charge in [-0.05, 0) is 41.8 Å². The smallest absolute Gasteiger partial charge is 0.243 e. The normalized spacial score (nSPS) is 18.5. The van der Waals surface area contributed by atoms with Crippen LogP contribution in [0.3, 0.4) is 0 Å². The molecule has 0 aromatic heterocycles. The standard InChI is InChI=1S/C19H22ClN3O2S/c20-17-4-6-18(7-5-17)26(24,25)23-12-10-22(11-13-23)14-16-3-1-2-15-8-9-21-19(15)16/h1-7,21H,8-14H2. The van der Waals surface area contributed by atoms with Crippen molar-refractivity contribution in [3.63, 3.8) is 0 Å². The van der Waals surface area contributed by atoms with Crippen LogP contribution >= 0.6 is 11.6 Å². The predicted molar refractivity (Wildman–Crippen MR) is 104 cm³/mol. The van der Waals surface area contributed by atoms with E-state index in [1.165, 1.54) is 16.8 Å². The van der Waals surface area contributed by atoms with Crippen LogP contribution in [-0.2, 0) is 23.0 Å². The van der Waals surface area contributed by atoms with Crippen molar-refractivity contribution in [3.8, 4) is 0 Å². The number of sulfonamides is 1. The van der Waals surface area contributed by atoms with Crippen LogP contribution in [0.4, 0.5) is 5.69 Å². The fourth-order valence-electron chi connectivity index (χ4n) is 3.67. The van der Waals surface area contributed by atoms with Crippen molar-refractivity contribution < 1.29 is 8.42 Å². The van der Waals surface area contributed by atoms with Gasteiger partial charge in [-0.1, -0.05) is 29.8 Å². The van der Waals surface area contributed by atoms with Crippen molar-refractivity contribution in [2.75, 3.05) is 38.0 Å².